The molecular weight excluding hydrogens is 348 g/mol. The molecule has 0 bridgehead atoms. The molecule has 6 heteroatoms. The quantitative estimate of drug-likeness (QED) is 0.700. The molecule has 0 unspecified atom stereocenters. The molecule has 1 amide bonds. The Morgan fingerprint density at radius 1 is 1.19 bits per heavy atom. The maximum atomic E-state index is 12.3. The molecule has 1 aromatic carbocycles. The highest BCUT2D eigenvalue weighted by atomic mass is 32.2. The molecule has 1 N–H and O–H groups in total. The van der Waals surface area contributed by atoms with Crippen LogP contribution in [0.4, 0.5) is 5.69 Å². The zero-order valence-electron chi connectivity index (χ0n) is 16.0. The summed E-state index contributed by atoms with van der Waals surface area (Å²) >= 11 is 0. The number of benzene rings is 1. The van der Waals surface area contributed by atoms with Gasteiger partial charge in [-0.15, -0.1) is 0 Å². The lowest BCUT2D eigenvalue weighted by atomic mass is 9.97. The van der Waals surface area contributed by atoms with E-state index in [1.54, 1.807) is 0 Å². The molecule has 0 spiro atoms. The molecule has 0 atom stereocenters. The summed E-state index contributed by atoms with van der Waals surface area (Å²) in [6.45, 7) is 4.57. The molecule has 1 aliphatic rings. The Kier molecular flexibility index (Phi) is 7.41. The highest BCUT2D eigenvalue weighted by molar-refractivity contribution is 7.88. The third-order valence-electron chi connectivity index (χ3n) is 4.79. The number of sulfonamides is 1. The smallest absolute Gasteiger partial charge is 0.225 e. The second kappa shape index (κ2) is 9.33. The molecule has 0 heterocycles. The topological polar surface area (TPSA) is 66.5 Å². The number of allylic oxidation sites excluding steroid dienone is 1. The van der Waals surface area contributed by atoms with Gasteiger partial charge in [0, 0.05) is 25.2 Å². The molecule has 0 aromatic heterocycles. The van der Waals surface area contributed by atoms with Crippen LogP contribution in [0, 0.1) is 13.8 Å². The fourth-order valence-corrected chi connectivity index (χ4v) is 4.00. The first-order valence-corrected chi connectivity index (χ1v) is 11.1. The summed E-state index contributed by atoms with van der Waals surface area (Å²) in [5, 5.41) is 2.89. The van der Waals surface area contributed by atoms with Crippen molar-refractivity contribution in [1.29, 1.82) is 0 Å². The number of amides is 1. The molecule has 0 saturated carbocycles. The summed E-state index contributed by atoms with van der Waals surface area (Å²) in [5.41, 5.74) is 4.19. The Labute approximate surface area is 157 Å². The van der Waals surface area contributed by atoms with E-state index in [0.717, 1.165) is 36.1 Å². The van der Waals surface area contributed by atoms with Crippen LogP contribution in [0.25, 0.3) is 0 Å². The Morgan fingerprint density at radius 3 is 2.62 bits per heavy atom. The van der Waals surface area contributed by atoms with Gasteiger partial charge in [0.05, 0.1) is 6.26 Å². The molecule has 1 aromatic rings. The Balaban J connectivity index is 1.90. The number of nitrogens with zero attached hydrogens (tertiary/aromatic N) is 1. The lowest BCUT2D eigenvalue weighted by Gasteiger charge is -2.21. The molecule has 0 radical (unpaired) electrons. The highest BCUT2D eigenvalue weighted by Crippen LogP contribution is 2.21. The molecule has 1 aliphatic carbocycles. The van der Waals surface area contributed by atoms with Crippen molar-refractivity contribution in [3.8, 4) is 0 Å². The van der Waals surface area contributed by atoms with Crippen LogP contribution in [0.5, 0.6) is 0 Å². The Bertz CT molecular complexity index is 769. The second-order valence-electron chi connectivity index (χ2n) is 7.14. The molecule has 144 valence electrons. The first kappa shape index (κ1) is 20.6. The van der Waals surface area contributed by atoms with E-state index in [0.29, 0.717) is 6.54 Å². The van der Waals surface area contributed by atoms with Gasteiger partial charge in [0.15, 0.2) is 0 Å². The fourth-order valence-electron chi connectivity index (χ4n) is 3.15. The first-order valence-electron chi connectivity index (χ1n) is 9.26. The second-order valence-corrected chi connectivity index (χ2v) is 9.12. The number of hydrogen-bond acceptors (Lipinski definition) is 3. The van der Waals surface area contributed by atoms with Gasteiger partial charge in [0.1, 0.15) is 0 Å². The van der Waals surface area contributed by atoms with Crippen molar-refractivity contribution < 1.29 is 13.2 Å². The standard InChI is InChI=1S/C20H30N2O3S/c1-16-9-10-17(2)19(15-16)21-20(23)12-14-22(26(3,24)25)13-11-18-7-5-4-6-8-18/h7,9-10,15H,4-6,8,11-14H2,1-3H3,(H,21,23). The normalized spacial score (nSPS) is 15.0. The van der Waals surface area contributed by atoms with Gasteiger partial charge >= 0.3 is 0 Å². The molecule has 26 heavy (non-hydrogen) atoms. The minimum absolute atomic E-state index is 0.152. The van der Waals surface area contributed by atoms with Crippen molar-refractivity contribution in [2.75, 3.05) is 24.7 Å². The Hall–Kier alpha value is -1.66. The van der Waals surface area contributed by atoms with E-state index < -0.39 is 10.0 Å². The molecule has 0 aliphatic heterocycles. The molecule has 5 nitrogen and oxygen atoms in total. The average Bonchev–Trinajstić information content (AvgIpc) is 2.58. The monoisotopic (exact) mass is 378 g/mol. The minimum atomic E-state index is -3.32. The van der Waals surface area contributed by atoms with Crippen LogP contribution in [0.2, 0.25) is 0 Å². The van der Waals surface area contributed by atoms with Crippen LogP contribution >= 0.6 is 0 Å². The third kappa shape index (κ3) is 6.57. The van der Waals surface area contributed by atoms with E-state index >= 15 is 0 Å². The van der Waals surface area contributed by atoms with E-state index in [1.807, 2.05) is 32.0 Å². The lowest BCUT2D eigenvalue weighted by molar-refractivity contribution is -0.116. The molecule has 0 saturated heterocycles. The van der Waals surface area contributed by atoms with Crippen LogP contribution in [-0.2, 0) is 14.8 Å². The summed E-state index contributed by atoms with van der Waals surface area (Å²) in [6.07, 6.45) is 8.91. The molecule has 2 rings (SSSR count). The summed E-state index contributed by atoms with van der Waals surface area (Å²) in [5.74, 6) is -0.163. The summed E-state index contributed by atoms with van der Waals surface area (Å²) in [7, 11) is -3.32. The number of hydrogen-bond donors (Lipinski definition) is 1. The highest BCUT2D eigenvalue weighted by Gasteiger charge is 2.19. The fraction of sp³-hybridized carbons (Fsp3) is 0.550. The van der Waals surface area contributed by atoms with E-state index in [4.69, 9.17) is 0 Å². The lowest BCUT2D eigenvalue weighted by Crippen LogP contribution is -2.34. The minimum Gasteiger partial charge on any atom is -0.326 e. The van der Waals surface area contributed by atoms with Crippen molar-refractivity contribution in [3.63, 3.8) is 0 Å². The predicted octanol–water partition coefficient (Wildman–Crippen LogP) is 3.78. The van der Waals surface area contributed by atoms with Crippen LogP contribution in [0.15, 0.2) is 29.8 Å². The van der Waals surface area contributed by atoms with E-state index in [-0.39, 0.29) is 18.9 Å². The van der Waals surface area contributed by atoms with E-state index in [1.165, 1.54) is 29.0 Å². The SMILES string of the molecule is Cc1ccc(C)c(NC(=O)CCN(CCC2=CCCCC2)S(C)(=O)=O)c1. The number of anilines is 1. The summed E-state index contributed by atoms with van der Waals surface area (Å²) in [4.78, 5) is 12.3. The Morgan fingerprint density at radius 2 is 1.96 bits per heavy atom. The van der Waals surface area contributed by atoms with Gasteiger partial charge in [0.2, 0.25) is 15.9 Å². The van der Waals surface area contributed by atoms with Crippen molar-refractivity contribution in [1.82, 2.24) is 4.31 Å². The number of rotatable bonds is 8. The number of nitrogens with one attached hydrogen (secondary N) is 1. The van der Waals surface area contributed by atoms with Gasteiger partial charge in [-0.3, -0.25) is 4.79 Å². The predicted molar refractivity (Wildman–Crippen MR) is 107 cm³/mol. The largest absolute Gasteiger partial charge is 0.326 e. The van der Waals surface area contributed by atoms with Crippen molar-refractivity contribution >= 4 is 21.6 Å². The van der Waals surface area contributed by atoms with Gasteiger partial charge < -0.3 is 5.32 Å². The van der Waals surface area contributed by atoms with Gasteiger partial charge in [-0.25, -0.2) is 12.7 Å². The maximum absolute atomic E-state index is 12.3. The molecular formula is C20H30N2O3S. The van der Waals surface area contributed by atoms with Gasteiger partial charge in [0.25, 0.3) is 0 Å². The van der Waals surface area contributed by atoms with Gasteiger partial charge in [-0.1, -0.05) is 23.8 Å². The van der Waals surface area contributed by atoms with Gasteiger partial charge in [-0.05, 0) is 63.1 Å². The number of carbonyl (C=O) groups is 1. The van der Waals surface area contributed by atoms with Crippen LogP contribution in [-0.4, -0.2) is 38.0 Å². The zero-order chi connectivity index (χ0) is 19.2. The van der Waals surface area contributed by atoms with Crippen molar-refractivity contribution in [3.05, 3.63) is 41.0 Å². The maximum Gasteiger partial charge on any atom is 0.225 e. The van der Waals surface area contributed by atoms with Gasteiger partial charge in [-0.2, -0.15) is 0 Å². The van der Waals surface area contributed by atoms with Crippen LogP contribution in [0.3, 0.4) is 0 Å². The zero-order valence-corrected chi connectivity index (χ0v) is 16.9. The third-order valence-corrected chi connectivity index (χ3v) is 6.09. The first-order chi connectivity index (χ1) is 12.3. The van der Waals surface area contributed by atoms with Crippen LogP contribution in [0.1, 0.15) is 49.7 Å². The van der Waals surface area contributed by atoms with Crippen LogP contribution < -0.4 is 5.32 Å². The average molecular weight is 379 g/mol. The summed E-state index contributed by atoms with van der Waals surface area (Å²) < 4.78 is 25.5. The van der Waals surface area contributed by atoms with E-state index in [2.05, 4.69) is 11.4 Å². The van der Waals surface area contributed by atoms with Crippen molar-refractivity contribution in [2.45, 2.75) is 52.4 Å². The molecule has 0 fully saturated rings. The number of carbonyl (C=O) groups excluding carboxylic acids is 1. The summed E-state index contributed by atoms with van der Waals surface area (Å²) in [6, 6.07) is 5.89. The van der Waals surface area contributed by atoms with E-state index in [9.17, 15) is 13.2 Å². The van der Waals surface area contributed by atoms with Crippen molar-refractivity contribution in [2.24, 2.45) is 0 Å². The number of aryl methyl sites for hydroxylation is 2.